The number of carbonyl (C=O) groups excluding carboxylic acids is 1. The maximum Gasteiger partial charge on any atom is 0.340 e. The van der Waals surface area contributed by atoms with E-state index in [0.717, 1.165) is 42.8 Å². The van der Waals surface area contributed by atoms with Crippen LogP contribution in [0.15, 0.2) is 22.4 Å². The number of piperidine rings is 1. The summed E-state index contributed by atoms with van der Waals surface area (Å²) in [6, 6.07) is 6.48. The van der Waals surface area contributed by atoms with Crippen LogP contribution in [0.1, 0.15) is 56.8 Å². The summed E-state index contributed by atoms with van der Waals surface area (Å²) in [5.74, 6) is -0.545. The number of carbonyl (C=O) groups is 1. The molecule has 0 bridgehead atoms. The molecule has 1 fully saturated rings. The lowest BCUT2D eigenvalue weighted by molar-refractivity contribution is 0.0595. The summed E-state index contributed by atoms with van der Waals surface area (Å²) in [6.45, 7) is 7.49. The summed E-state index contributed by atoms with van der Waals surface area (Å²) in [5.41, 5.74) is 4.90. The fourth-order valence-electron chi connectivity index (χ4n) is 4.54. The highest BCUT2D eigenvalue weighted by atomic mass is 32.2. The third-order valence-corrected chi connectivity index (χ3v) is 9.89. The number of aryl methyl sites for hydroxylation is 2. The van der Waals surface area contributed by atoms with Gasteiger partial charge in [0, 0.05) is 37.6 Å². The van der Waals surface area contributed by atoms with Gasteiger partial charge in [0.2, 0.25) is 0 Å². The summed E-state index contributed by atoms with van der Waals surface area (Å²) in [5, 5.41) is 0. The third-order valence-electron chi connectivity index (χ3n) is 6.27. The van der Waals surface area contributed by atoms with Crippen LogP contribution in [-0.2, 0) is 34.3 Å². The predicted octanol–water partition coefficient (Wildman–Crippen LogP) is 3.88. The van der Waals surface area contributed by atoms with Crippen LogP contribution in [0, 0.1) is 13.8 Å². The van der Waals surface area contributed by atoms with Gasteiger partial charge in [0.05, 0.1) is 12.7 Å². The van der Waals surface area contributed by atoms with Crippen molar-refractivity contribution >= 4 is 27.3 Å². The molecule has 1 aromatic heterocycles. The molecule has 6 nitrogen and oxygen atoms in total. The monoisotopic (exact) mass is 462 g/mol. The third kappa shape index (κ3) is 4.44. The lowest BCUT2D eigenvalue weighted by Gasteiger charge is -2.27. The molecule has 1 saturated heterocycles. The molecular formula is C23H30N2O4S2. The highest BCUT2D eigenvalue weighted by Gasteiger charge is 2.37. The van der Waals surface area contributed by atoms with Crippen molar-refractivity contribution in [2.45, 2.75) is 56.8 Å². The maximum atomic E-state index is 13.4. The number of hydrogen-bond acceptors (Lipinski definition) is 6. The quantitative estimate of drug-likeness (QED) is 0.631. The Bertz CT molecular complexity index is 1090. The van der Waals surface area contributed by atoms with E-state index in [2.05, 4.69) is 36.9 Å². The van der Waals surface area contributed by atoms with Crippen molar-refractivity contribution in [2.75, 3.05) is 26.7 Å². The van der Waals surface area contributed by atoms with Crippen molar-refractivity contribution in [1.82, 2.24) is 9.21 Å². The van der Waals surface area contributed by atoms with Gasteiger partial charge in [0.1, 0.15) is 4.21 Å². The molecule has 0 saturated carbocycles. The van der Waals surface area contributed by atoms with Crippen molar-refractivity contribution in [2.24, 2.45) is 0 Å². The smallest absolute Gasteiger partial charge is 0.340 e. The molecule has 31 heavy (non-hydrogen) atoms. The number of rotatable bonds is 5. The summed E-state index contributed by atoms with van der Waals surface area (Å²) >= 11 is 1.26. The Balaban J connectivity index is 1.65. The predicted molar refractivity (Wildman–Crippen MR) is 122 cm³/mol. The fraction of sp³-hybridized carbons (Fsp3) is 0.522. The highest BCUT2D eigenvalue weighted by Crippen LogP contribution is 2.39. The van der Waals surface area contributed by atoms with Crippen LogP contribution in [0.2, 0.25) is 0 Å². The van der Waals surface area contributed by atoms with E-state index in [0.29, 0.717) is 26.1 Å². The summed E-state index contributed by atoms with van der Waals surface area (Å²) in [4.78, 5) is 15.9. The van der Waals surface area contributed by atoms with Crippen molar-refractivity contribution < 1.29 is 17.9 Å². The Labute approximate surface area is 188 Å². The minimum atomic E-state index is -3.70. The zero-order valence-electron chi connectivity index (χ0n) is 18.4. The van der Waals surface area contributed by atoms with Gasteiger partial charge in [-0.1, -0.05) is 30.2 Å². The second kappa shape index (κ2) is 9.02. The van der Waals surface area contributed by atoms with Crippen molar-refractivity contribution in [3.63, 3.8) is 0 Å². The fourth-order valence-corrected chi connectivity index (χ4v) is 8.13. The van der Waals surface area contributed by atoms with Crippen LogP contribution in [0.25, 0.3) is 0 Å². The lowest BCUT2D eigenvalue weighted by atomic mass is 10.0. The molecule has 0 amide bonds. The second-order valence-corrected chi connectivity index (χ2v) is 11.8. The molecule has 168 valence electrons. The van der Waals surface area contributed by atoms with E-state index in [1.807, 2.05) is 0 Å². The molecule has 8 heteroatoms. The molecule has 2 aliphatic heterocycles. The van der Waals surface area contributed by atoms with Gasteiger partial charge in [0.25, 0.3) is 10.0 Å². The maximum absolute atomic E-state index is 13.4. The highest BCUT2D eigenvalue weighted by molar-refractivity contribution is 7.91. The number of fused-ring (bicyclic) bond motifs is 1. The molecule has 0 aliphatic carbocycles. The number of ether oxygens (including phenoxy) is 1. The van der Waals surface area contributed by atoms with Crippen LogP contribution < -0.4 is 0 Å². The molecule has 1 aromatic carbocycles. The van der Waals surface area contributed by atoms with Gasteiger partial charge in [-0.2, -0.15) is 4.31 Å². The molecule has 2 aliphatic rings. The Hall–Kier alpha value is -1.74. The average Bonchev–Trinajstić information content (AvgIpc) is 3.15. The first kappa shape index (κ1) is 22.5. The molecule has 0 radical (unpaired) electrons. The largest absolute Gasteiger partial charge is 0.465 e. The number of sulfonamides is 1. The minimum absolute atomic E-state index is 0.166. The Morgan fingerprint density at radius 2 is 1.87 bits per heavy atom. The SMILES string of the molecule is COC(=O)c1c(S(=O)(=O)N2CCCCC2)sc2c1CCN(Cc1ccc(C)cc1C)C2. The van der Waals surface area contributed by atoms with Gasteiger partial charge in [-0.3, -0.25) is 4.90 Å². The molecular weight excluding hydrogens is 432 g/mol. The number of methoxy groups -OCH3 is 1. The van der Waals surface area contributed by atoms with E-state index < -0.39 is 16.0 Å². The zero-order chi connectivity index (χ0) is 22.2. The van der Waals surface area contributed by atoms with Crippen LogP contribution in [0.3, 0.4) is 0 Å². The number of benzene rings is 1. The summed E-state index contributed by atoms with van der Waals surface area (Å²) in [7, 11) is -2.38. The van der Waals surface area contributed by atoms with E-state index in [1.54, 1.807) is 0 Å². The lowest BCUT2D eigenvalue weighted by Crippen LogP contribution is -2.36. The first-order chi connectivity index (χ1) is 14.8. The van der Waals surface area contributed by atoms with Crippen LogP contribution in [0.5, 0.6) is 0 Å². The topological polar surface area (TPSA) is 66.9 Å². The van der Waals surface area contributed by atoms with E-state index in [9.17, 15) is 13.2 Å². The van der Waals surface area contributed by atoms with Gasteiger partial charge >= 0.3 is 5.97 Å². The Morgan fingerprint density at radius 3 is 2.55 bits per heavy atom. The van der Waals surface area contributed by atoms with Gasteiger partial charge in [-0.25, -0.2) is 13.2 Å². The molecule has 3 heterocycles. The number of nitrogens with zero attached hydrogens (tertiary/aromatic N) is 2. The molecule has 0 atom stereocenters. The average molecular weight is 463 g/mol. The van der Waals surface area contributed by atoms with Crippen LogP contribution in [-0.4, -0.2) is 50.3 Å². The molecule has 0 unspecified atom stereocenters. The summed E-state index contributed by atoms with van der Waals surface area (Å²) in [6.07, 6.45) is 3.42. The van der Waals surface area contributed by atoms with Crippen molar-refractivity contribution in [3.8, 4) is 0 Å². The number of esters is 1. The normalized spacial score (nSPS) is 18.0. The summed E-state index contributed by atoms with van der Waals surface area (Å²) < 4.78 is 33.5. The van der Waals surface area contributed by atoms with Gasteiger partial charge < -0.3 is 4.74 Å². The molecule has 2 aromatic rings. The Morgan fingerprint density at radius 1 is 1.13 bits per heavy atom. The standard InChI is InChI=1S/C23H30N2O4S2/c1-16-7-8-18(17(2)13-16)14-24-12-9-19-20(15-24)30-23(21(19)22(26)29-3)31(27,28)25-10-5-4-6-11-25/h7-8,13H,4-6,9-12,14-15H2,1-3H3. The van der Waals surface area contributed by atoms with Crippen LogP contribution in [0.4, 0.5) is 0 Å². The van der Waals surface area contributed by atoms with E-state index in [1.165, 1.54) is 39.4 Å². The van der Waals surface area contributed by atoms with Gasteiger partial charge in [-0.15, -0.1) is 11.3 Å². The number of thiophene rings is 1. The minimum Gasteiger partial charge on any atom is -0.465 e. The first-order valence-electron chi connectivity index (χ1n) is 10.8. The molecule has 0 spiro atoms. The zero-order valence-corrected chi connectivity index (χ0v) is 20.1. The Kier molecular flexibility index (Phi) is 6.53. The van der Waals surface area contributed by atoms with E-state index >= 15 is 0 Å². The van der Waals surface area contributed by atoms with Gasteiger partial charge in [-0.05, 0) is 49.8 Å². The van der Waals surface area contributed by atoms with Gasteiger partial charge in [0.15, 0.2) is 0 Å². The van der Waals surface area contributed by atoms with Crippen molar-refractivity contribution in [1.29, 1.82) is 0 Å². The van der Waals surface area contributed by atoms with E-state index in [-0.39, 0.29) is 9.77 Å². The molecule has 4 rings (SSSR count). The second-order valence-electron chi connectivity index (χ2n) is 8.51. The molecule has 0 N–H and O–H groups in total. The number of hydrogen-bond donors (Lipinski definition) is 0. The van der Waals surface area contributed by atoms with Crippen LogP contribution >= 0.6 is 11.3 Å². The first-order valence-corrected chi connectivity index (χ1v) is 13.1. The van der Waals surface area contributed by atoms with Crippen molar-refractivity contribution in [3.05, 3.63) is 50.9 Å². The van der Waals surface area contributed by atoms with E-state index in [4.69, 9.17) is 4.74 Å².